The SMILES string of the molecule is CCCC(C)N(C)c1cc(Cl)nc2ncnn12. The average Bonchev–Trinajstić information content (AvgIpc) is 2.75. The number of halogens is 1. The Morgan fingerprint density at radius 2 is 2.29 bits per heavy atom. The summed E-state index contributed by atoms with van der Waals surface area (Å²) in [5.74, 6) is 1.45. The molecule has 6 heteroatoms. The summed E-state index contributed by atoms with van der Waals surface area (Å²) in [6.45, 7) is 4.36. The summed E-state index contributed by atoms with van der Waals surface area (Å²) in [5, 5.41) is 4.61. The van der Waals surface area contributed by atoms with Crippen molar-refractivity contribution >= 4 is 23.2 Å². The third kappa shape index (κ3) is 2.34. The minimum absolute atomic E-state index is 0.422. The van der Waals surface area contributed by atoms with E-state index in [1.165, 1.54) is 6.33 Å². The van der Waals surface area contributed by atoms with Gasteiger partial charge in [-0.05, 0) is 13.3 Å². The van der Waals surface area contributed by atoms with Crippen LogP contribution in [0.2, 0.25) is 5.15 Å². The van der Waals surface area contributed by atoms with Gasteiger partial charge in [0.2, 0.25) is 0 Å². The molecular formula is C11H16ClN5. The molecule has 2 rings (SSSR count). The predicted molar refractivity (Wildman–Crippen MR) is 68.6 cm³/mol. The van der Waals surface area contributed by atoms with Gasteiger partial charge in [-0.3, -0.25) is 0 Å². The Labute approximate surface area is 105 Å². The number of fused-ring (bicyclic) bond motifs is 1. The molecule has 1 atom stereocenters. The van der Waals surface area contributed by atoms with E-state index in [1.54, 1.807) is 4.52 Å². The van der Waals surface area contributed by atoms with E-state index in [9.17, 15) is 0 Å². The highest BCUT2D eigenvalue weighted by atomic mass is 35.5. The lowest BCUT2D eigenvalue weighted by molar-refractivity contribution is 0.605. The maximum atomic E-state index is 5.99. The monoisotopic (exact) mass is 253 g/mol. The van der Waals surface area contributed by atoms with Crippen molar-refractivity contribution in [2.24, 2.45) is 0 Å². The standard InChI is InChI=1S/C11H16ClN5/c1-4-5-8(2)16(3)10-6-9(12)15-11-13-7-14-17(10)11/h6-8H,4-5H2,1-3H3. The lowest BCUT2D eigenvalue weighted by Gasteiger charge is -2.26. The van der Waals surface area contributed by atoms with Gasteiger partial charge in [-0.1, -0.05) is 24.9 Å². The van der Waals surface area contributed by atoms with E-state index in [0.29, 0.717) is 17.0 Å². The summed E-state index contributed by atoms with van der Waals surface area (Å²) in [7, 11) is 2.03. The molecular weight excluding hydrogens is 238 g/mol. The molecule has 2 heterocycles. The molecule has 0 aromatic carbocycles. The van der Waals surface area contributed by atoms with Gasteiger partial charge in [0.25, 0.3) is 5.78 Å². The summed E-state index contributed by atoms with van der Waals surface area (Å²) >= 11 is 5.99. The minimum atomic E-state index is 0.422. The highest BCUT2D eigenvalue weighted by Crippen LogP contribution is 2.20. The Morgan fingerprint density at radius 3 is 3.00 bits per heavy atom. The van der Waals surface area contributed by atoms with E-state index in [2.05, 4.69) is 33.8 Å². The molecule has 2 aromatic heterocycles. The molecule has 0 radical (unpaired) electrons. The van der Waals surface area contributed by atoms with Gasteiger partial charge in [-0.15, -0.1) is 0 Å². The van der Waals surface area contributed by atoms with Crippen LogP contribution in [0.1, 0.15) is 26.7 Å². The Kier molecular flexibility index (Phi) is 3.47. The molecule has 0 spiro atoms. The second kappa shape index (κ2) is 4.87. The van der Waals surface area contributed by atoms with Gasteiger partial charge in [-0.25, -0.2) is 0 Å². The molecule has 0 amide bonds. The summed E-state index contributed by atoms with van der Waals surface area (Å²) < 4.78 is 1.71. The molecule has 0 aliphatic carbocycles. The van der Waals surface area contributed by atoms with Gasteiger partial charge >= 0.3 is 0 Å². The molecule has 0 N–H and O–H groups in total. The zero-order valence-corrected chi connectivity index (χ0v) is 11.0. The van der Waals surface area contributed by atoms with Crippen molar-refractivity contribution in [3.05, 3.63) is 17.5 Å². The second-order valence-electron chi connectivity index (χ2n) is 4.16. The summed E-state index contributed by atoms with van der Waals surface area (Å²) in [6.07, 6.45) is 3.75. The van der Waals surface area contributed by atoms with Crippen LogP contribution in [0.5, 0.6) is 0 Å². The third-order valence-electron chi connectivity index (χ3n) is 2.93. The van der Waals surface area contributed by atoms with Gasteiger partial charge < -0.3 is 4.90 Å². The number of aromatic nitrogens is 4. The first-order valence-corrected chi connectivity index (χ1v) is 6.10. The fourth-order valence-corrected chi connectivity index (χ4v) is 2.03. The molecule has 1 unspecified atom stereocenters. The lowest BCUT2D eigenvalue weighted by atomic mass is 10.2. The molecule has 5 nitrogen and oxygen atoms in total. The number of hydrogen-bond acceptors (Lipinski definition) is 4. The fourth-order valence-electron chi connectivity index (χ4n) is 1.86. The van der Waals surface area contributed by atoms with E-state index in [1.807, 2.05) is 13.1 Å². The van der Waals surface area contributed by atoms with Crippen molar-refractivity contribution in [3.8, 4) is 0 Å². The van der Waals surface area contributed by atoms with Gasteiger partial charge in [0.1, 0.15) is 17.3 Å². The van der Waals surface area contributed by atoms with Crippen LogP contribution in [-0.4, -0.2) is 32.7 Å². The summed E-state index contributed by atoms with van der Waals surface area (Å²) in [4.78, 5) is 10.3. The van der Waals surface area contributed by atoms with E-state index in [-0.39, 0.29) is 0 Å². The van der Waals surface area contributed by atoms with Crippen LogP contribution in [0.3, 0.4) is 0 Å². The summed E-state index contributed by atoms with van der Waals surface area (Å²) in [6, 6.07) is 2.24. The molecule has 92 valence electrons. The molecule has 0 bridgehead atoms. The van der Waals surface area contributed by atoms with Gasteiger partial charge in [0.15, 0.2) is 0 Å². The Bertz CT molecular complexity index is 510. The average molecular weight is 254 g/mol. The minimum Gasteiger partial charge on any atom is -0.357 e. The quantitative estimate of drug-likeness (QED) is 0.785. The third-order valence-corrected chi connectivity index (χ3v) is 3.12. The van der Waals surface area contributed by atoms with Crippen LogP contribution < -0.4 is 4.90 Å². The van der Waals surface area contributed by atoms with Crippen molar-refractivity contribution in [2.45, 2.75) is 32.7 Å². The van der Waals surface area contributed by atoms with Crippen LogP contribution in [0.25, 0.3) is 5.78 Å². The largest absolute Gasteiger partial charge is 0.357 e. The van der Waals surface area contributed by atoms with E-state index < -0.39 is 0 Å². The molecule has 0 saturated heterocycles. The normalized spacial score (nSPS) is 12.9. The van der Waals surface area contributed by atoms with Gasteiger partial charge in [0.05, 0.1) is 0 Å². The number of rotatable bonds is 4. The first-order valence-electron chi connectivity index (χ1n) is 5.72. The van der Waals surface area contributed by atoms with Crippen LogP contribution in [0, 0.1) is 0 Å². The van der Waals surface area contributed by atoms with E-state index >= 15 is 0 Å². The predicted octanol–water partition coefficient (Wildman–Crippen LogP) is 2.40. The first kappa shape index (κ1) is 12.1. The number of hydrogen-bond donors (Lipinski definition) is 0. The fraction of sp³-hybridized carbons (Fsp3) is 0.545. The highest BCUT2D eigenvalue weighted by Gasteiger charge is 2.14. The zero-order valence-electron chi connectivity index (χ0n) is 10.3. The molecule has 0 saturated carbocycles. The maximum absolute atomic E-state index is 5.99. The summed E-state index contributed by atoms with van der Waals surface area (Å²) in [5.41, 5.74) is 0. The Morgan fingerprint density at radius 1 is 1.53 bits per heavy atom. The molecule has 17 heavy (non-hydrogen) atoms. The van der Waals surface area contributed by atoms with Crippen molar-refractivity contribution < 1.29 is 0 Å². The molecule has 2 aromatic rings. The Balaban J connectivity index is 2.43. The van der Waals surface area contributed by atoms with E-state index in [4.69, 9.17) is 11.6 Å². The maximum Gasteiger partial charge on any atom is 0.255 e. The molecule has 0 aliphatic heterocycles. The number of nitrogens with zero attached hydrogens (tertiary/aromatic N) is 5. The van der Waals surface area contributed by atoms with Gasteiger partial charge in [-0.2, -0.15) is 19.6 Å². The van der Waals surface area contributed by atoms with Crippen molar-refractivity contribution in [1.82, 2.24) is 19.6 Å². The zero-order chi connectivity index (χ0) is 12.4. The van der Waals surface area contributed by atoms with Crippen molar-refractivity contribution in [1.29, 1.82) is 0 Å². The first-order chi connectivity index (χ1) is 8.13. The lowest BCUT2D eigenvalue weighted by Crippen LogP contribution is -2.30. The van der Waals surface area contributed by atoms with Crippen molar-refractivity contribution in [3.63, 3.8) is 0 Å². The van der Waals surface area contributed by atoms with Crippen LogP contribution in [0.15, 0.2) is 12.4 Å². The second-order valence-corrected chi connectivity index (χ2v) is 4.54. The van der Waals surface area contributed by atoms with Crippen molar-refractivity contribution in [2.75, 3.05) is 11.9 Å². The topological polar surface area (TPSA) is 46.3 Å². The molecule has 0 fully saturated rings. The van der Waals surface area contributed by atoms with Crippen LogP contribution >= 0.6 is 11.6 Å². The van der Waals surface area contributed by atoms with Crippen LogP contribution in [0.4, 0.5) is 5.82 Å². The smallest absolute Gasteiger partial charge is 0.255 e. The van der Waals surface area contributed by atoms with Crippen LogP contribution in [-0.2, 0) is 0 Å². The molecule has 0 aliphatic rings. The highest BCUT2D eigenvalue weighted by molar-refractivity contribution is 6.29. The number of anilines is 1. The Hall–Kier alpha value is -1.36. The van der Waals surface area contributed by atoms with E-state index in [0.717, 1.165) is 18.7 Å². The van der Waals surface area contributed by atoms with Gasteiger partial charge in [0, 0.05) is 19.2 Å².